The van der Waals surface area contributed by atoms with E-state index in [1.165, 1.54) is 5.56 Å². The first-order valence-corrected chi connectivity index (χ1v) is 7.57. The van der Waals surface area contributed by atoms with Gasteiger partial charge in [-0.25, -0.2) is 0 Å². The molecule has 0 bridgehead atoms. The third-order valence-electron chi connectivity index (χ3n) is 3.28. The Kier molecular flexibility index (Phi) is 5.46. The van der Waals surface area contributed by atoms with Crippen molar-refractivity contribution in [2.75, 3.05) is 14.2 Å². The predicted molar refractivity (Wildman–Crippen MR) is 87.7 cm³/mol. The molecule has 106 valence electrons. The van der Waals surface area contributed by atoms with Gasteiger partial charge in [-0.3, -0.25) is 0 Å². The lowest BCUT2D eigenvalue weighted by Crippen LogP contribution is -2.19. The molecule has 1 atom stereocenters. The molecule has 2 rings (SSSR count). The molecule has 0 fully saturated rings. The highest BCUT2D eigenvalue weighted by Gasteiger charge is 2.15. The van der Waals surface area contributed by atoms with Crippen molar-refractivity contribution in [2.24, 2.45) is 0 Å². The molecule has 0 saturated heterocycles. The minimum Gasteiger partial charge on any atom is -0.497 e. The molecule has 1 unspecified atom stereocenters. The van der Waals surface area contributed by atoms with Crippen LogP contribution in [-0.2, 0) is 6.42 Å². The van der Waals surface area contributed by atoms with Gasteiger partial charge in [-0.05, 0) is 58.7 Å². The van der Waals surface area contributed by atoms with Crippen LogP contribution in [0.5, 0.6) is 5.75 Å². The van der Waals surface area contributed by atoms with Gasteiger partial charge < -0.3 is 10.1 Å². The van der Waals surface area contributed by atoms with Gasteiger partial charge in [-0.1, -0.05) is 35.9 Å². The summed E-state index contributed by atoms with van der Waals surface area (Å²) in [5, 5.41) is 4.09. The monoisotopic (exact) mass is 353 g/mol. The number of nitrogens with one attached hydrogen (secondary N) is 1. The Hall–Kier alpha value is -1.03. The standard InChI is InChI=1S/C16H17BrClNO/c1-19-15(13-7-4-8-14(17)16(13)18)10-11-5-3-6-12(9-11)20-2/h3-9,15,19H,10H2,1-2H3. The lowest BCUT2D eigenvalue weighted by molar-refractivity contribution is 0.414. The van der Waals surface area contributed by atoms with E-state index in [0.717, 1.165) is 27.2 Å². The van der Waals surface area contributed by atoms with Gasteiger partial charge in [0, 0.05) is 10.5 Å². The average molecular weight is 355 g/mol. The van der Waals surface area contributed by atoms with Crippen molar-refractivity contribution in [1.29, 1.82) is 0 Å². The lowest BCUT2D eigenvalue weighted by atomic mass is 9.99. The number of benzene rings is 2. The van der Waals surface area contributed by atoms with Crippen LogP contribution in [0.15, 0.2) is 46.9 Å². The quantitative estimate of drug-likeness (QED) is 0.846. The largest absolute Gasteiger partial charge is 0.497 e. The molecule has 0 aliphatic rings. The number of rotatable bonds is 5. The second-order valence-electron chi connectivity index (χ2n) is 4.54. The van der Waals surface area contributed by atoms with Crippen molar-refractivity contribution in [3.63, 3.8) is 0 Å². The van der Waals surface area contributed by atoms with Crippen LogP contribution in [0.2, 0.25) is 5.02 Å². The van der Waals surface area contributed by atoms with Crippen molar-refractivity contribution >= 4 is 27.5 Å². The lowest BCUT2D eigenvalue weighted by Gasteiger charge is -2.19. The zero-order valence-corrected chi connectivity index (χ0v) is 13.8. The molecule has 2 aromatic rings. The minimum absolute atomic E-state index is 0.159. The molecule has 2 nitrogen and oxygen atoms in total. The van der Waals surface area contributed by atoms with Gasteiger partial charge in [-0.15, -0.1) is 0 Å². The van der Waals surface area contributed by atoms with E-state index < -0.39 is 0 Å². The molecular formula is C16H17BrClNO. The third kappa shape index (κ3) is 3.54. The van der Waals surface area contributed by atoms with Gasteiger partial charge in [0.05, 0.1) is 12.1 Å². The maximum atomic E-state index is 6.38. The van der Waals surface area contributed by atoms with Gasteiger partial charge in [0.2, 0.25) is 0 Å². The first kappa shape index (κ1) is 15.4. The highest BCUT2D eigenvalue weighted by atomic mass is 79.9. The van der Waals surface area contributed by atoms with Crippen LogP contribution < -0.4 is 10.1 Å². The summed E-state index contributed by atoms with van der Waals surface area (Å²) in [6, 6.07) is 14.3. The topological polar surface area (TPSA) is 21.3 Å². The summed E-state index contributed by atoms with van der Waals surface area (Å²) in [7, 11) is 3.63. The van der Waals surface area contributed by atoms with Crippen LogP contribution in [-0.4, -0.2) is 14.2 Å². The van der Waals surface area contributed by atoms with E-state index in [9.17, 15) is 0 Å². The fourth-order valence-electron chi connectivity index (χ4n) is 2.19. The Bertz CT molecular complexity index is 588. The summed E-state index contributed by atoms with van der Waals surface area (Å²) in [5.74, 6) is 0.873. The molecule has 0 amide bonds. The molecule has 4 heteroatoms. The van der Waals surface area contributed by atoms with Gasteiger partial charge in [-0.2, -0.15) is 0 Å². The van der Waals surface area contributed by atoms with E-state index in [0.29, 0.717) is 0 Å². The Morgan fingerprint density at radius 3 is 2.70 bits per heavy atom. The van der Waals surface area contributed by atoms with Crippen molar-refractivity contribution in [2.45, 2.75) is 12.5 Å². The van der Waals surface area contributed by atoms with Gasteiger partial charge in [0.15, 0.2) is 0 Å². The normalized spacial score (nSPS) is 12.2. The molecular weight excluding hydrogens is 338 g/mol. The van der Waals surface area contributed by atoms with E-state index >= 15 is 0 Å². The third-order valence-corrected chi connectivity index (χ3v) is 4.59. The maximum Gasteiger partial charge on any atom is 0.119 e. The molecule has 0 heterocycles. The van der Waals surface area contributed by atoms with Crippen molar-refractivity contribution in [3.05, 3.63) is 63.1 Å². The number of ether oxygens (including phenoxy) is 1. The Balaban J connectivity index is 2.26. The van der Waals surface area contributed by atoms with Crippen LogP contribution in [0, 0.1) is 0 Å². The van der Waals surface area contributed by atoms with Crippen LogP contribution in [0.25, 0.3) is 0 Å². The number of methoxy groups -OCH3 is 1. The van der Waals surface area contributed by atoms with Crippen molar-refractivity contribution in [1.82, 2.24) is 5.32 Å². The zero-order valence-electron chi connectivity index (χ0n) is 11.5. The summed E-state index contributed by atoms with van der Waals surface area (Å²) in [4.78, 5) is 0. The molecule has 0 aromatic heterocycles. The number of hydrogen-bond donors (Lipinski definition) is 1. The van der Waals surface area contributed by atoms with Crippen LogP contribution in [0.1, 0.15) is 17.2 Å². The Morgan fingerprint density at radius 2 is 2.00 bits per heavy atom. The fraction of sp³-hybridized carbons (Fsp3) is 0.250. The van der Waals surface area contributed by atoms with E-state index in [1.54, 1.807) is 7.11 Å². The van der Waals surface area contributed by atoms with E-state index in [2.05, 4.69) is 39.4 Å². The van der Waals surface area contributed by atoms with Crippen LogP contribution in [0.4, 0.5) is 0 Å². The molecule has 0 aliphatic carbocycles. The molecule has 0 spiro atoms. The van der Waals surface area contributed by atoms with Gasteiger partial charge >= 0.3 is 0 Å². The molecule has 0 radical (unpaired) electrons. The average Bonchev–Trinajstić information content (AvgIpc) is 2.48. The second kappa shape index (κ2) is 7.11. The van der Waals surface area contributed by atoms with Crippen molar-refractivity contribution < 1.29 is 4.74 Å². The van der Waals surface area contributed by atoms with Gasteiger partial charge in [0.1, 0.15) is 5.75 Å². The maximum absolute atomic E-state index is 6.38. The van der Waals surface area contributed by atoms with Crippen molar-refractivity contribution in [3.8, 4) is 5.75 Å². The highest BCUT2D eigenvalue weighted by Crippen LogP contribution is 2.32. The minimum atomic E-state index is 0.159. The van der Waals surface area contributed by atoms with Crippen LogP contribution >= 0.6 is 27.5 Å². The zero-order chi connectivity index (χ0) is 14.5. The van der Waals surface area contributed by atoms with E-state index in [-0.39, 0.29) is 6.04 Å². The number of halogens is 2. The Morgan fingerprint density at radius 1 is 1.25 bits per heavy atom. The van der Waals surface area contributed by atoms with E-state index in [1.807, 2.05) is 31.3 Å². The Labute approximate surface area is 133 Å². The number of hydrogen-bond acceptors (Lipinski definition) is 2. The summed E-state index contributed by atoms with van der Waals surface area (Å²) in [5.41, 5.74) is 2.30. The second-order valence-corrected chi connectivity index (χ2v) is 5.77. The summed E-state index contributed by atoms with van der Waals surface area (Å²) in [6.45, 7) is 0. The fourth-order valence-corrected chi connectivity index (χ4v) is 2.83. The predicted octanol–water partition coefficient (Wildman–Crippen LogP) is 4.61. The van der Waals surface area contributed by atoms with E-state index in [4.69, 9.17) is 16.3 Å². The molecule has 1 N–H and O–H groups in total. The highest BCUT2D eigenvalue weighted by molar-refractivity contribution is 9.10. The molecule has 2 aromatic carbocycles. The number of likely N-dealkylation sites (N-methyl/N-ethyl adjacent to an activating group) is 1. The molecule has 0 aliphatic heterocycles. The molecule has 0 saturated carbocycles. The smallest absolute Gasteiger partial charge is 0.119 e. The summed E-state index contributed by atoms with van der Waals surface area (Å²) < 4.78 is 6.18. The SMILES string of the molecule is CNC(Cc1cccc(OC)c1)c1cccc(Br)c1Cl. The summed E-state index contributed by atoms with van der Waals surface area (Å²) >= 11 is 9.85. The van der Waals surface area contributed by atoms with Crippen LogP contribution in [0.3, 0.4) is 0 Å². The van der Waals surface area contributed by atoms with Gasteiger partial charge in [0.25, 0.3) is 0 Å². The summed E-state index contributed by atoms with van der Waals surface area (Å²) in [6.07, 6.45) is 0.851. The first-order chi connectivity index (χ1) is 9.65. The molecule has 20 heavy (non-hydrogen) atoms. The first-order valence-electron chi connectivity index (χ1n) is 6.39.